The highest BCUT2D eigenvalue weighted by Crippen LogP contribution is 2.31. The molecule has 3 atom stereocenters. The standard InChI is InChI=1S/C19H26ClNO4/c1-12(2)9-16(18(22)23)21-19(24)25-17-8-4-6-14(17)10-13-5-3-7-15(20)11-13/h3,5,7,11-12,14,16-17H,4,6,8-10H2,1-2H3,(H,21,24)(H,22,23). The van der Waals surface area contributed by atoms with Gasteiger partial charge in [0.25, 0.3) is 0 Å². The van der Waals surface area contributed by atoms with Crippen LogP contribution in [0.2, 0.25) is 5.02 Å². The number of aliphatic carboxylic acids is 1. The van der Waals surface area contributed by atoms with E-state index in [1.165, 1.54) is 0 Å². The van der Waals surface area contributed by atoms with Gasteiger partial charge in [0.2, 0.25) is 0 Å². The molecule has 0 bridgehead atoms. The normalized spacial score (nSPS) is 21.1. The van der Waals surface area contributed by atoms with Crippen molar-refractivity contribution in [2.75, 3.05) is 0 Å². The van der Waals surface area contributed by atoms with Crippen LogP contribution in [0.1, 0.15) is 45.1 Å². The van der Waals surface area contributed by atoms with Crippen LogP contribution in [-0.2, 0) is 16.0 Å². The largest absolute Gasteiger partial charge is 0.480 e. The lowest BCUT2D eigenvalue weighted by molar-refractivity contribution is -0.139. The molecule has 2 rings (SSSR count). The highest BCUT2D eigenvalue weighted by atomic mass is 35.5. The number of carbonyl (C=O) groups excluding carboxylic acids is 1. The molecule has 1 saturated carbocycles. The fourth-order valence-corrected chi connectivity index (χ4v) is 3.58. The lowest BCUT2D eigenvalue weighted by atomic mass is 9.96. The van der Waals surface area contributed by atoms with Crippen LogP contribution >= 0.6 is 11.6 Å². The molecule has 2 N–H and O–H groups in total. The van der Waals surface area contributed by atoms with Crippen molar-refractivity contribution in [3.05, 3.63) is 34.9 Å². The Hall–Kier alpha value is -1.75. The fourth-order valence-electron chi connectivity index (χ4n) is 3.36. The number of hydrogen-bond acceptors (Lipinski definition) is 3. The molecule has 0 aliphatic heterocycles. The third-order valence-corrected chi connectivity index (χ3v) is 4.77. The zero-order chi connectivity index (χ0) is 18.4. The van der Waals surface area contributed by atoms with Crippen molar-refractivity contribution < 1.29 is 19.4 Å². The van der Waals surface area contributed by atoms with E-state index in [1.807, 2.05) is 38.1 Å². The van der Waals surface area contributed by atoms with Gasteiger partial charge in [0, 0.05) is 10.9 Å². The average Bonchev–Trinajstić information content (AvgIpc) is 2.93. The lowest BCUT2D eigenvalue weighted by Gasteiger charge is -2.22. The van der Waals surface area contributed by atoms with Crippen molar-refractivity contribution in [2.45, 2.75) is 58.1 Å². The number of ether oxygens (including phenoxy) is 1. The quantitative estimate of drug-likeness (QED) is 0.754. The van der Waals surface area contributed by atoms with Crippen molar-refractivity contribution in [2.24, 2.45) is 11.8 Å². The molecule has 1 aliphatic rings. The number of nitrogens with one attached hydrogen (secondary N) is 1. The van der Waals surface area contributed by atoms with E-state index in [0.29, 0.717) is 11.4 Å². The molecule has 0 saturated heterocycles. The van der Waals surface area contributed by atoms with Gasteiger partial charge < -0.3 is 15.2 Å². The van der Waals surface area contributed by atoms with Gasteiger partial charge >= 0.3 is 12.1 Å². The molecular formula is C19H26ClNO4. The van der Waals surface area contributed by atoms with Gasteiger partial charge in [0.1, 0.15) is 12.1 Å². The minimum atomic E-state index is -1.03. The van der Waals surface area contributed by atoms with Crippen LogP contribution in [0, 0.1) is 11.8 Å². The lowest BCUT2D eigenvalue weighted by Crippen LogP contribution is -2.43. The van der Waals surface area contributed by atoms with E-state index >= 15 is 0 Å². The van der Waals surface area contributed by atoms with Crippen LogP contribution in [0.25, 0.3) is 0 Å². The summed E-state index contributed by atoms with van der Waals surface area (Å²) in [7, 11) is 0. The average molecular weight is 368 g/mol. The first-order valence-electron chi connectivity index (χ1n) is 8.79. The van der Waals surface area contributed by atoms with Gasteiger partial charge in [-0.1, -0.05) is 37.6 Å². The van der Waals surface area contributed by atoms with Crippen molar-refractivity contribution in [3.63, 3.8) is 0 Å². The highest BCUT2D eigenvalue weighted by Gasteiger charge is 2.32. The molecule has 0 heterocycles. The predicted octanol–water partition coefficient (Wildman–Crippen LogP) is 4.28. The number of carboxylic acid groups (broad SMARTS) is 1. The molecule has 5 nitrogen and oxygen atoms in total. The van der Waals surface area contributed by atoms with Crippen molar-refractivity contribution in [1.82, 2.24) is 5.32 Å². The Bertz CT molecular complexity index is 605. The fraction of sp³-hybridized carbons (Fsp3) is 0.579. The molecule has 1 aromatic rings. The van der Waals surface area contributed by atoms with Gasteiger partial charge in [-0.2, -0.15) is 0 Å². The second-order valence-electron chi connectivity index (χ2n) is 7.13. The second kappa shape index (κ2) is 9.09. The zero-order valence-corrected chi connectivity index (χ0v) is 15.5. The second-order valence-corrected chi connectivity index (χ2v) is 7.57. The molecule has 0 radical (unpaired) electrons. The monoisotopic (exact) mass is 367 g/mol. The van der Waals surface area contributed by atoms with Gasteiger partial charge in [-0.3, -0.25) is 0 Å². The van der Waals surface area contributed by atoms with E-state index in [9.17, 15) is 14.7 Å². The van der Waals surface area contributed by atoms with Crippen LogP contribution in [0.4, 0.5) is 4.79 Å². The number of benzene rings is 1. The number of alkyl carbamates (subject to hydrolysis) is 1. The minimum absolute atomic E-state index is 0.170. The van der Waals surface area contributed by atoms with Crippen LogP contribution in [-0.4, -0.2) is 29.3 Å². The highest BCUT2D eigenvalue weighted by molar-refractivity contribution is 6.30. The Balaban J connectivity index is 1.91. The number of hydrogen-bond donors (Lipinski definition) is 2. The third-order valence-electron chi connectivity index (χ3n) is 4.53. The molecule has 0 spiro atoms. The first kappa shape index (κ1) is 19.6. The van der Waals surface area contributed by atoms with E-state index < -0.39 is 18.1 Å². The summed E-state index contributed by atoms with van der Waals surface area (Å²) >= 11 is 6.03. The number of halogens is 1. The molecule has 6 heteroatoms. The van der Waals surface area contributed by atoms with Crippen molar-refractivity contribution >= 4 is 23.7 Å². The molecule has 1 fully saturated rings. The summed E-state index contributed by atoms with van der Waals surface area (Å²) < 4.78 is 5.54. The van der Waals surface area contributed by atoms with Crippen molar-refractivity contribution in [3.8, 4) is 0 Å². The number of carboxylic acids is 1. The molecule has 1 amide bonds. The summed E-state index contributed by atoms with van der Waals surface area (Å²) in [6.45, 7) is 3.84. The number of carbonyl (C=O) groups is 2. The van der Waals surface area contributed by atoms with Crippen LogP contribution in [0.3, 0.4) is 0 Å². The summed E-state index contributed by atoms with van der Waals surface area (Å²) in [6.07, 6.45) is 3.13. The number of rotatable bonds is 7. The summed E-state index contributed by atoms with van der Waals surface area (Å²) in [5.74, 6) is -0.631. The summed E-state index contributed by atoms with van der Waals surface area (Å²) in [5.41, 5.74) is 1.12. The number of amides is 1. The molecule has 1 aliphatic carbocycles. The molecule has 1 aromatic carbocycles. The van der Waals surface area contributed by atoms with E-state index in [1.54, 1.807) is 0 Å². The topological polar surface area (TPSA) is 75.6 Å². The van der Waals surface area contributed by atoms with Crippen molar-refractivity contribution in [1.29, 1.82) is 0 Å². The van der Waals surface area contributed by atoms with Gasteiger partial charge in [0.15, 0.2) is 0 Å². The summed E-state index contributed by atoms with van der Waals surface area (Å²) in [6, 6.07) is 6.78. The molecule has 0 aromatic heterocycles. The van der Waals surface area contributed by atoms with Crippen LogP contribution < -0.4 is 5.32 Å². The molecule has 138 valence electrons. The Morgan fingerprint density at radius 1 is 1.36 bits per heavy atom. The van der Waals surface area contributed by atoms with Gasteiger partial charge in [-0.05, 0) is 55.7 Å². The Kier molecular flexibility index (Phi) is 7.12. The van der Waals surface area contributed by atoms with E-state index in [2.05, 4.69) is 5.32 Å². The Morgan fingerprint density at radius 3 is 2.76 bits per heavy atom. The maximum absolute atomic E-state index is 12.1. The van der Waals surface area contributed by atoms with Gasteiger partial charge in [-0.15, -0.1) is 0 Å². The van der Waals surface area contributed by atoms with E-state index in [0.717, 1.165) is 31.2 Å². The van der Waals surface area contributed by atoms with Gasteiger partial charge in [0.05, 0.1) is 0 Å². The third kappa shape index (κ3) is 6.24. The van der Waals surface area contributed by atoms with E-state index in [-0.39, 0.29) is 17.9 Å². The first-order chi connectivity index (χ1) is 11.8. The Morgan fingerprint density at radius 2 is 2.12 bits per heavy atom. The zero-order valence-electron chi connectivity index (χ0n) is 14.7. The molecular weight excluding hydrogens is 342 g/mol. The Labute approximate surface area is 153 Å². The SMILES string of the molecule is CC(C)CC(NC(=O)OC1CCCC1Cc1cccc(Cl)c1)C(=O)O. The summed E-state index contributed by atoms with van der Waals surface area (Å²) in [4.78, 5) is 23.4. The van der Waals surface area contributed by atoms with Crippen LogP contribution in [0.5, 0.6) is 0 Å². The maximum atomic E-state index is 12.1. The van der Waals surface area contributed by atoms with E-state index in [4.69, 9.17) is 16.3 Å². The summed E-state index contributed by atoms with van der Waals surface area (Å²) in [5, 5.41) is 12.4. The van der Waals surface area contributed by atoms with Gasteiger partial charge in [-0.25, -0.2) is 9.59 Å². The maximum Gasteiger partial charge on any atom is 0.408 e. The minimum Gasteiger partial charge on any atom is -0.480 e. The smallest absolute Gasteiger partial charge is 0.408 e. The molecule has 3 unspecified atom stereocenters. The predicted molar refractivity (Wildman–Crippen MR) is 96.8 cm³/mol. The molecule has 25 heavy (non-hydrogen) atoms. The van der Waals surface area contributed by atoms with Crippen LogP contribution in [0.15, 0.2) is 24.3 Å². The first-order valence-corrected chi connectivity index (χ1v) is 9.17.